The van der Waals surface area contributed by atoms with Crippen LogP contribution in [0.15, 0.2) is 47.4 Å². The molecule has 0 unspecified atom stereocenters. The largest absolute Gasteiger partial charge is 0.351 e. The van der Waals surface area contributed by atoms with Crippen molar-refractivity contribution in [2.45, 2.75) is 30.8 Å². The van der Waals surface area contributed by atoms with Gasteiger partial charge in [0.15, 0.2) is 5.82 Å². The molecule has 2 heterocycles. The quantitative estimate of drug-likeness (QED) is 0.563. The summed E-state index contributed by atoms with van der Waals surface area (Å²) in [7, 11) is -4.20. The topological polar surface area (TPSA) is 55.2 Å². The van der Waals surface area contributed by atoms with Crippen LogP contribution >= 0.6 is 11.6 Å². The number of hydrogen-bond donors (Lipinski definition) is 0. The van der Waals surface area contributed by atoms with Gasteiger partial charge in [0.2, 0.25) is 0 Å². The minimum Gasteiger partial charge on any atom is -0.351 e. The Hall–Kier alpha value is -2.26. The van der Waals surface area contributed by atoms with Crippen LogP contribution in [0.3, 0.4) is 0 Å². The molecule has 30 heavy (non-hydrogen) atoms. The molecule has 0 saturated carbocycles. The maximum absolute atomic E-state index is 14.1. The Morgan fingerprint density at radius 3 is 2.37 bits per heavy atom. The molecule has 160 valence electrons. The minimum absolute atomic E-state index is 0.0822. The highest BCUT2D eigenvalue weighted by Crippen LogP contribution is 2.37. The normalized spacial score (nSPS) is 20.3. The van der Waals surface area contributed by atoms with Gasteiger partial charge < -0.3 is 4.90 Å². The average molecular weight is 458 g/mol. The number of aromatic nitrogens is 2. The fraction of sp³-hybridized carbons (Fsp3) is 0.350. The second-order valence-corrected chi connectivity index (χ2v) is 9.79. The average Bonchev–Trinajstić information content (AvgIpc) is 3.23. The number of halogens is 4. The Labute approximate surface area is 177 Å². The molecule has 0 amide bonds. The second-order valence-electron chi connectivity index (χ2n) is 7.62. The van der Waals surface area contributed by atoms with Gasteiger partial charge in [-0.2, -0.15) is 12.5 Å². The van der Waals surface area contributed by atoms with E-state index in [4.69, 9.17) is 11.6 Å². The van der Waals surface area contributed by atoms with Crippen molar-refractivity contribution >= 4 is 38.3 Å². The van der Waals surface area contributed by atoms with Crippen LogP contribution in [0.1, 0.15) is 19.4 Å². The zero-order chi connectivity index (χ0) is 21.8. The summed E-state index contributed by atoms with van der Waals surface area (Å²) in [6.45, 7) is 2.96. The number of alkyl halides is 3. The Balaban J connectivity index is 1.86. The van der Waals surface area contributed by atoms with Crippen LogP contribution in [0, 0.1) is 5.92 Å². The molecule has 2 atom stereocenters. The van der Waals surface area contributed by atoms with Crippen molar-refractivity contribution in [3.8, 4) is 0 Å². The van der Waals surface area contributed by atoms with Crippen LogP contribution < -0.4 is 4.90 Å². The second kappa shape index (κ2) is 7.16. The number of anilines is 1. The van der Waals surface area contributed by atoms with Gasteiger partial charge in [0, 0.05) is 24.9 Å². The first-order valence-corrected chi connectivity index (χ1v) is 11.1. The van der Waals surface area contributed by atoms with E-state index in [-0.39, 0.29) is 34.3 Å². The zero-order valence-corrected chi connectivity index (χ0v) is 17.8. The lowest BCUT2D eigenvalue weighted by atomic mass is 10.1. The van der Waals surface area contributed by atoms with Crippen LogP contribution in [-0.4, -0.2) is 36.9 Å². The molecule has 1 aromatic heterocycles. The summed E-state index contributed by atoms with van der Waals surface area (Å²) >= 11 is 6.34. The third kappa shape index (κ3) is 3.43. The lowest BCUT2D eigenvalue weighted by Gasteiger charge is -2.15. The van der Waals surface area contributed by atoms with Crippen molar-refractivity contribution < 1.29 is 21.6 Å². The fourth-order valence-corrected chi connectivity index (χ4v) is 5.14. The highest BCUT2D eigenvalue weighted by Gasteiger charge is 2.34. The fourth-order valence-electron chi connectivity index (χ4n) is 3.61. The van der Waals surface area contributed by atoms with E-state index in [1.54, 1.807) is 30.0 Å². The number of fused-ring (bicyclic) bond motifs is 1. The molecule has 10 heteroatoms. The van der Waals surface area contributed by atoms with E-state index >= 15 is 0 Å². The van der Waals surface area contributed by atoms with Gasteiger partial charge in [-0.3, -0.25) is 0 Å². The molecule has 4 rings (SSSR count). The van der Waals surface area contributed by atoms with Crippen LogP contribution in [-0.2, 0) is 15.9 Å². The summed E-state index contributed by atoms with van der Waals surface area (Å²) in [5.74, 6) is -3.04. The summed E-state index contributed by atoms with van der Waals surface area (Å²) in [5.41, 5.74) is -0.0621. The molecule has 1 aliphatic heterocycles. The smallest absolute Gasteiger partial charge is 0.283 e. The zero-order valence-electron chi connectivity index (χ0n) is 16.2. The van der Waals surface area contributed by atoms with E-state index in [0.29, 0.717) is 17.0 Å². The standard InChI is InChI=1S/C20H19ClF3N3O2S/c1-12-10-26(11-16(12)22)19-18-15(21)4-3-5-17(18)27(25-19)30(28,29)14-8-6-13(7-9-14)20(2,23)24/h3-9,12,16H,10-11H2,1-2H3/t12-,16+/m0/s1. The third-order valence-electron chi connectivity index (χ3n) is 5.31. The molecule has 0 spiro atoms. The molecule has 0 aliphatic carbocycles. The minimum atomic E-state index is -4.20. The first-order valence-electron chi connectivity index (χ1n) is 9.30. The molecular weight excluding hydrogens is 439 g/mol. The number of benzene rings is 2. The van der Waals surface area contributed by atoms with Crippen molar-refractivity contribution in [2.75, 3.05) is 18.0 Å². The summed E-state index contributed by atoms with van der Waals surface area (Å²) < 4.78 is 68.4. The number of rotatable bonds is 4. The molecule has 5 nitrogen and oxygen atoms in total. The molecular formula is C20H19ClF3N3O2S. The highest BCUT2D eigenvalue weighted by atomic mass is 35.5. The Morgan fingerprint density at radius 2 is 1.80 bits per heavy atom. The van der Waals surface area contributed by atoms with E-state index in [1.807, 2.05) is 0 Å². The molecule has 0 N–H and O–H groups in total. The molecule has 1 aliphatic rings. The molecule has 0 bridgehead atoms. The van der Waals surface area contributed by atoms with Crippen LogP contribution in [0.2, 0.25) is 5.02 Å². The SMILES string of the molecule is C[C@H]1CN(c2nn(S(=O)(=O)c3ccc(C(C)(F)F)cc3)c3cccc(Cl)c23)C[C@H]1F. The first kappa shape index (κ1) is 21.0. The van der Waals surface area contributed by atoms with Gasteiger partial charge in [-0.1, -0.05) is 36.7 Å². The van der Waals surface area contributed by atoms with E-state index in [2.05, 4.69) is 5.10 Å². The first-order chi connectivity index (χ1) is 14.0. The molecule has 0 radical (unpaired) electrons. The molecule has 1 fully saturated rings. The van der Waals surface area contributed by atoms with Crippen LogP contribution in [0.4, 0.5) is 19.0 Å². The van der Waals surface area contributed by atoms with E-state index in [1.165, 1.54) is 0 Å². The number of nitrogens with zero attached hydrogens (tertiary/aromatic N) is 3. The third-order valence-corrected chi connectivity index (χ3v) is 7.23. The van der Waals surface area contributed by atoms with Crippen molar-refractivity contribution in [2.24, 2.45) is 5.92 Å². The van der Waals surface area contributed by atoms with Gasteiger partial charge in [-0.05, 0) is 24.3 Å². The summed E-state index contributed by atoms with van der Waals surface area (Å²) in [6.07, 6.45) is -1.06. The molecule has 1 saturated heterocycles. The van der Waals surface area contributed by atoms with Crippen molar-refractivity contribution in [3.63, 3.8) is 0 Å². The maximum atomic E-state index is 14.1. The Bertz CT molecular complexity index is 1200. The lowest BCUT2D eigenvalue weighted by Crippen LogP contribution is -2.22. The van der Waals surface area contributed by atoms with Crippen LogP contribution in [0.25, 0.3) is 10.9 Å². The van der Waals surface area contributed by atoms with Crippen molar-refractivity contribution in [1.29, 1.82) is 0 Å². The highest BCUT2D eigenvalue weighted by molar-refractivity contribution is 7.90. The van der Waals surface area contributed by atoms with E-state index in [9.17, 15) is 21.6 Å². The van der Waals surface area contributed by atoms with Crippen LogP contribution in [0.5, 0.6) is 0 Å². The summed E-state index contributed by atoms with van der Waals surface area (Å²) in [4.78, 5) is 1.49. The van der Waals surface area contributed by atoms with Crippen molar-refractivity contribution in [1.82, 2.24) is 9.19 Å². The number of hydrogen-bond acceptors (Lipinski definition) is 4. The Morgan fingerprint density at radius 1 is 1.13 bits per heavy atom. The van der Waals surface area contributed by atoms with Gasteiger partial charge >= 0.3 is 0 Å². The maximum Gasteiger partial charge on any atom is 0.283 e. The molecule has 2 aromatic carbocycles. The van der Waals surface area contributed by atoms with E-state index < -0.39 is 22.1 Å². The molecule has 3 aromatic rings. The predicted octanol–water partition coefficient (Wildman–Crippen LogP) is 4.83. The van der Waals surface area contributed by atoms with E-state index in [0.717, 1.165) is 35.3 Å². The summed E-state index contributed by atoms with van der Waals surface area (Å²) in [5, 5.41) is 4.97. The van der Waals surface area contributed by atoms with Gasteiger partial charge in [0.05, 0.1) is 27.4 Å². The van der Waals surface area contributed by atoms with Gasteiger partial charge in [0.1, 0.15) is 6.17 Å². The van der Waals surface area contributed by atoms with Gasteiger partial charge in [-0.25, -0.2) is 13.2 Å². The Kier molecular flexibility index (Phi) is 5.01. The van der Waals surface area contributed by atoms with Gasteiger partial charge in [0.25, 0.3) is 15.9 Å². The summed E-state index contributed by atoms with van der Waals surface area (Å²) in [6, 6.07) is 9.13. The monoisotopic (exact) mass is 457 g/mol. The predicted molar refractivity (Wildman–Crippen MR) is 110 cm³/mol. The van der Waals surface area contributed by atoms with Crippen molar-refractivity contribution in [3.05, 3.63) is 53.1 Å². The lowest BCUT2D eigenvalue weighted by molar-refractivity contribution is 0.0174. The van der Waals surface area contributed by atoms with Gasteiger partial charge in [-0.15, -0.1) is 5.10 Å².